The van der Waals surface area contributed by atoms with Crippen LogP contribution >= 0.6 is 0 Å². The molecule has 2 rings (SSSR count). The molecule has 2 aromatic rings. The molecule has 0 aliphatic carbocycles. The monoisotopic (exact) mass is 250 g/mol. The van der Waals surface area contributed by atoms with Crippen molar-refractivity contribution in [2.75, 3.05) is 6.61 Å². The molecule has 1 aromatic heterocycles. The number of amides is 1. The number of hydrogen-bond acceptors (Lipinski definition) is 2. The van der Waals surface area contributed by atoms with E-state index in [1.54, 1.807) is 19.9 Å². The third-order valence-electron chi connectivity index (χ3n) is 2.83. The van der Waals surface area contributed by atoms with Gasteiger partial charge in [-0.1, -0.05) is 0 Å². The summed E-state index contributed by atoms with van der Waals surface area (Å²) in [6, 6.07) is 3.94. The van der Waals surface area contributed by atoms with Crippen LogP contribution in [-0.2, 0) is 0 Å². The van der Waals surface area contributed by atoms with Crippen molar-refractivity contribution in [3.63, 3.8) is 0 Å². The number of aryl methyl sites for hydroxylation is 1. The van der Waals surface area contributed by atoms with Gasteiger partial charge >= 0.3 is 0 Å². The zero-order chi connectivity index (χ0) is 13.3. The molecule has 4 nitrogen and oxygen atoms in total. The average molecular weight is 250 g/mol. The van der Waals surface area contributed by atoms with E-state index in [1.165, 1.54) is 12.1 Å². The second-order valence-corrected chi connectivity index (χ2v) is 4.37. The summed E-state index contributed by atoms with van der Waals surface area (Å²) in [5.41, 5.74) is 1.82. The molecule has 1 heterocycles. The topological polar surface area (TPSA) is 65.1 Å². The summed E-state index contributed by atoms with van der Waals surface area (Å²) < 4.78 is 13.2. The van der Waals surface area contributed by atoms with Gasteiger partial charge in [-0.15, -0.1) is 0 Å². The van der Waals surface area contributed by atoms with Crippen LogP contribution in [0.1, 0.15) is 23.0 Å². The first-order chi connectivity index (χ1) is 8.52. The van der Waals surface area contributed by atoms with E-state index in [9.17, 15) is 9.18 Å². The van der Waals surface area contributed by atoms with Crippen molar-refractivity contribution in [2.45, 2.75) is 19.9 Å². The van der Waals surface area contributed by atoms with E-state index >= 15 is 0 Å². The third kappa shape index (κ3) is 2.22. The van der Waals surface area contributed by atoms with Crippen LogP contribution in [0.15, 0.2) is 18.2 Å². The fraction of sp³-hybridized carbons (Fsp3) is 0.308. The van der Waals surface area contributed by atoms with Crippen molar-refractivity contribution >= 4 is 16.8 Å². The van der Waals surface area contributed by atoms with Gasteiger partial charge in [-0.3, -0.25) is 4.79 Å². The minimum Gasteiger partial charge on any atom is -0.394 e. The molecule has 1 aromatic carbocycles. The van der Waals surface area contributed by atoms with E-state index in [1.807, 2.05) is 0 Å². The maximum absolute atomic E-state index is 13.2. The van der Waals surface area contributed by atoms with E-state index < -0.39 is 0 Å². The zero-order valence-corrected chi connectivity index (χ0v) is 10.2. The molecule has 0 fully saturated rings. The Morgan fingerprint density at radius 3 is 2.94 bits per heavy atom. The van der Waals surface area contributed by atoms with Crippen LogP contribution in [0.25, 0.3) is 10.9 Å². The van der Waals surface area contributed by atoms with Crippen molar-refractivity contribution in [1.82, 2.24) is 10.3 Å². The zero-order valence-electron chi connectivity index (χ0n) is 10.2. The van der Waals surface area contributed by atoms with Crippen LogP contribution in [0.3, 0.4) is 0 Å². The number of H-pyrrole nitrogens is 1. The minimum absolute atomic E-state index is 0.137. The van der Waals surface area contributed by atoms with Crippen LogP contribution in [0.2, 0.25) is 0 Å². The summed E-state index contributed by atoms with van der Waals surface area (Å²) in [4.78, 5) is 15.1. The van der Waals surface area contributed by atoms with Crippen LogP contribution in [-0.4, -0.2) is 28.6 Å². The number of fused-ring (bicyclic) bond motifs is 1. The normalized spacial score (nSPS) is 12.7. The lowest BCUT2D eigenvalue weighted by Gasteiger charge is -2.10. The minimum atomic E-state index is -0.384. The molecule has 18 heavy (non-hydrogen) atoms. The molecule has 1 atom stereocenters. The molecule has 3 N–H and O–H groups in total. The molecule has 96 valence electrons. The van der Waals surface area contributed by atoms with E-state index in [-0.39, 0.29) is 24.4 Å². The highest BCUT2D eigenvalue weighted by Crippen LogP contribution is 2.23. The molecule has 0 bridgehead atoms. The van der Waals surface area contributed by atoms with Gasteiger partial charge < -0.3 is 15.4 Å². The molecular weight excluding hydrogens is 235 g/mol. The number of hydrogen-bond donors (Lipinski definition) is 3. The standard InChI is InChI=1S/C13H15FN2O2/c1-7(6-17)15-13(18)12-8(2)16-11-4-3-9(14)5-10(11)12/h3-5,7,16-17H,6H2,1-2H3,(H,15,18). The highest BCUT2D eigenvalue weighted by molar-refractivity contribution is 6.08. The second kappa shape index (κ2) is 4.78. The van der Waals surface area contributed by atoms with Crippen molar-refractivity contribution in [2.24, 2.45) is 0 Å². The maximum atomic E-state index is 13.2. The predicted octanol–water partition coefficient (Wildman–Crippen LogP) is 1.73. The van der Waals surface area contributed by atoms with Crippen molar-refractivity contribution in [3.8, 4) is 0 Å². The van der Waals surface area contributed by atoms with Gasteiger partial charge in [0.1, 0.15) is 5.82 Å². The molecule has 0 aliphatic heterocycles. The Morgan fingerprint density at radius 2 is 2.28 bits per heavy atom. The largest absolute Gasteiger partial charge is 0.394 e. The Hall–Kier alpha value is -1.88. The Bertz CT molecular complexity index is 592. The van der Waals surface area contributed by atoms with Gasteiger partial charge in [0.15, 0.2) is 0 Å². The number of aromatic nitrogens is 1. The first-order valence-corrected chi connectivity index (χ1v) is 5.72. The Balaban J connectivity index is 2.46. The molecule has 1 amide bonds. The molecule has 1 unspecified atom stereocenters. The van der Waals surface area contributed by atoms with Crippen molar-refractivity contribution in [3.05, 3.63) is 35.3 Å². The van der Waals surface area contributed by atoms with E-state index in [0.717, 1.165) is 5.52 Å². The van der Waals surface area contributed by atoms with E-state index in [0.29, 0.717) is 16.6 Å². The van der Waals surface area contributed by atoms with Crippen LogP contribution in [0.4, 0.5) is 4.39 Å². The SMILES string of the molecule is Cc1[nH]c2ccc(F)cc2c1C(=O)NC(C)CO. The van der Waals surface area contributed by atoms with Gasteiger partial charge in [0.25, 0.3) is 5.91 Å². The highest BCUT2D eigenvalue weighted by Gasteiger charge is 2.17. The van der Waals surface area contributed by atoms with Crippen molar-refractivity contribution in [1.29, 1.82) is 0 Å². The molecular formula is C13H15FN2O2. The molecule has 5 heteroatoms. The summed E-state index contributed by atoms with van der Waals surface area (Å²) in [5.74, 6) is -0.698. The number of aliphatic hydroxyl groups excluding tert-OH is 1. The van der Waals surface area contributed by atoms with Crippen LogP contribution < -0.4 is 5.32 Å². The van der Waals surface area contributed by atoms with Crippen molar-refractivity contribution < 1.29 is 14.3 Å². The molecule has 0 radical (unpaired) electrons. The number of rotatable bonds is 3. The van der Waals surface area contributed by atoms with Gasteiger partial charge in [0, 0.05) is 22.6 Å². The lowest BCUT2D eigenvalue weighted by molar-refractivity contribution is 0.0923. The molecule has 0 saturated carbocycles. The molecule has 0 saturated heterocycles. The number of aliphatic hydroxyl groups is 1. The Labute approximate surface area is 104 Å². The molecule has 0 spiro atoms. The summed E-state index contributed by atoms with van der Waals surface area (Å²) in [6.07, 6.45) is 0. The summed E-state index contributed by atoms with van der Waals surface area (Å²) in [7, 11) is 0. The summed E-state index contributed by atoms with van der Waals surface area (Å²) in [5, 5.41) is 12.1. The maximum Gasteiger partial charge on any atom is 0.254 e. The van der Waals surface area contributed by atoms with Gasteiger partial charge in [-0.25, -0.2) is 4.39 Å². The fourth-order valence-corrected chi connectivity index (χ4v) is 1.93. The highest BCUT2D eigenvalue weighted by atomic mass is 19.1. The van der Waals surface area contributed by atoms with E-state index in [4.69, 9.17) is 5.11 Å². The third-order valence-corrected chi connectivity index (χ3v) is 2.83. The lowest BCUT2D eigenvalue weighted by atomic mass is 10.1. The summed E-state index contributed by atoms with van der Waals surface area (Å²) in [6.45, 7) is 3.32. The first kappa shape index (κ1) is 12.6. The molecule has 0 aliphatic rings. The van der Waals surface area contributed by atoms with Gasteiger partial charge in [-0.05, 0) is 32.0 Å². The summed E-state index contributed by atoms with van der Waals surface area (Å²) >= 11 is 0. The lowest BCUT2D eigenvalue weighted by Crippen LogP contribution is -2.35. The number of benzene rings is 1. The van der Waals surface area contributed by atoms with E-state index in [2.05, 4.69) is 10.3 Å². The number of carbonyl (C=O) groups excluding carboxylic acids is 1. The number of nitrogens with one attached hydrogen (secondary N) is 2. The van der Waals surface area contributed by atoms with Gasteiger partial charge in [0.05, 0.1) is 12.2 Å². The Kier molecular flexibility index (Phi) is 3.34. The van der Waals surface area contributed by atoms with Crippen LogP contribution in [0.5, 0.6) is 0 Å². The number of halogens is 1. The number of carbonyl (C=O) groups is 1. The van der Waals surface area contributed by atoms with Gasteiger partial charge in [0.2, 0.25) is 0 Å². The first-order valence-electron chi connectivity index (χ1n) is 5.72. The Morgan fingerprint density at radius 1 is 1.56 bits per heavy atom. The predicted molar refractivity (Wildman–Crippen MR) is 67.0 cm³/mol. The second-order valence-electron chi connectivity index (χ2n) is 4.37. The van der Waals surface area contributed by atoms with Gasteiger partial charge in [-0.2, -0.15) is 0 Å². The van der Waals surface area contributed by atoms with Crippen LogP contribution in [0, 0.1) is 12.7 Å². The fourth-order valence-electron chi connectivity index (χ4n) is 1.93. The smallest absolute Gasteiger partial charge is 0.254 e. The quantitative estimate of drug-likeness (QED) is 0.776. The number of aromatic amines is 1. The average Bonchev–Trinajstić information content (AvgIpc) is 2.64.